The number of hydrogen-bond donors (Lipinski definition) is 1. The third-order valence-corrected chi connectivity index (χ3v) is 4.93. The summed E-state index contributed by atoms with van der Waals surface area (Å²) in [6, 6.07) is 0. The fraction of sp³-hybridized carbons (Fsp3) is 0.667. The summed E-state index contributed by atoms with van der Waals surface area (Å²) in [4.78, 5) is 12.3. The lowest BCUT2D eigenvalue weighted by molar-refractivity contribution is -0.145. The molecule has 0 aromatic heterocycles. The van der Waals surface area contributed by atoms with Crippen LogP contribution < -0.4 is 0 Å². The van der Waals surface area contributed by atoms with E-state index in [1.165, 1.54) is 0 Å². The number of fused-ring (bicyclic) bond motifs is 1. The van der Waals surface area contributed by atoms with Gasteiger partial charge in [-0.25, -0.2) is 0 Å². The first-order chi connectivity index (χ1) is 7.88. The number of Topliss-reactive ketones (excluding diaryl/α,β-unsaturated/α-hetero) is 1. The van der Waals surface area contributed by atoms with E-state index in [2.05, 4.69) is 26.5 Å². The molecule has 2 aliphatic carbocycles. The number of hydrogen-bond acceptors (Lipinski definition) is 2. The van der Waals surface area contributed by atoms with Gasteiger partial charge >= 0.3 is 0 Å². The molecular formula is C15H22O2. The summed E-state index contributed by atoms with van der Waals surface area (Å²) in [5.74, 6) is 0.278. The quantitative estimate of drug-likeness (QED) is 0.708. The van der Waals surface area contributed by atoms with Crippen molar-refractivity contribution in [1.82, 2.24) is 0 Å². The van der Waals surface area contributed by atoms with E-state index >= 15 is 0 Å². The number of aliphatic hydroxyl groups excluding tert-OH is 1. The van der Waals surface area contributed by atoms with Crippen LogP contribution in [-0.4, -0.2) is 17.0 Å². The van der Waals surface area contributed by atoms with Crippen molar-refractivity contribution in [2.75, 3.05) is 0 Å². The summed E-state index contributed by atoms with van der Waals surface area (Å²) in [7, 11) is 0. The second kappa shape index (κ2) is 4.09. The van der Waals surface area contributed by atoms with Gasteiger partial charge in [-0.15, -0.1) is 0 Å². The number of aliphatic hydroxyl groups is 1. The van der Waals surface area contributed by atoms with Crippen LogP contribution >= 0.6 is 0 Å². The number of carbonyl (C=O) groups excluding carboxylic acids is 1. The van der Waals surface area contributed by atoms with Crippen LogP contribution in [-0.2, 0) is 4.79 Å². The summed E-state index contributed by atoms with van der Waals surface area (Å²) in [6.07, 6.45) is 5.12. The van der Waals surface area contributed by atoms with Gasteiger partial charge in [0.25, 0.3) is 0 Å². The molecule has 0 bridgehead atoms. The van der Waals surface area contributed by atoms with Crippen LogP contribution in [0, 0.1) is 23.2 Å². The smallest absolute Gasteiger partial charge is 0.169 e. The molecule has 0 aromatic rings. The zero-order valence-corrected chi connectivity index (χ0v) is 10.9. The Bertz CT molecular complexity index is 382. The molecule has 0 saturated heterocycles. The third-order valence-electron chi connectivity index (χ3n) is 4.93. The highest BCUT2D eigenvalue weighted by Gasteiger charge is 2.52. The number of ketones is 1. The molecule has 1 unspecified atom stereocenters. The number of allylic oxidation sites excluding steroid dienone is 2. The molecule has 0 heterocycles. The first-order valence-electron chi connectivity index (χ1n) is 6.41. The van der Waals surface area contributed by atoms with Crippen molar-refractivity contribution in [2.24, 2.45) is 23.2 Å². The maximum atomic E-state index is 12.3. The predicted octanol–water partition coefficient (Wildman–Crippen LogP) is 2.73. The molecule has 0 amide bonds. The molecule has 1 N–H and O–H groups in total. The monoisotopic (exact) mass is 234 g/mol. The van der Waals surface area contributed by atoms with Crippen LogP contribution in [0.15, 0.2) is 24.3 Å². The summed E-state index contributed by atoms with van der Waals surface area (Å²) in [5, 5.41) is 10.1. The van der Waals surface area contributed by atoms with Gasteiger partial charge in [0, 0.05) is 11.8 Å². The molecule has 0 aliphatic heterocycles. The Balaban J connectivity index is 2.40. The molecule has 5 atom stereocenters. The molecule has 2 heteroatoms. The van der Waals surface area contributed by atoms with Gasteiger partial charge in [0.2, 0.25) is 0 Å². The highest BCUT2D eigenvalue weighted by Crippen LogP contribution is 2.52. The molecule has 0 spiro atoms. The van der Waals surface area contributed by atoms with E-state index in [4.69, 9.17) is 0 Å². The van der Waals surface area contributed by atoms with Crippen LogP contribution in [0.2, 0.25) is 0 Å². The topological polar surface area (TPSA) is 37.3 Å². The standard InChI is InChI=1S/C15H22O2/c1-9(2)11-8-15(4)10(3)6-5-7-12(15)14(17)13(11)16/h5,7,10-13,16H,1,6,8H2,2-4H3/t10-,11+,12?,13+,15+/m0/s1. The Kier molecular flexibility index (Phi) is 3.03. The van der Waals surface area contributed by atoms with Crippen LogP contribution in [0.1, 0.15) is 33.6 Å². The van der Waals surface area contributed by atoms with Crippen molar-refractivity contribution in [3.8, 4) is 0 Å². The van der Waals surface area contributed by atoms with E-state index in [9.17, 15) is 9.90 Å². The fourth-order valence-electron chi connectivity index (χ4n) is 3.37. The van der Waals surface area contributed by atoms with Gasteiger partial charge in [-0.1, -0.05) is 38.2 Å². The molecule has 2 rings (SSSR count). The maximum Gasteiger partial charge on any atom is 0.169 e. The SMILES string of the molecule is C=C(C)[C@H]1C[C@@]2(C)C(C=CC[C@@H]2C)C(=O)[C@@H]1O. The maximum absolute atomic E-state index is 12.3. The molecule has 17 heavy (non-hydrogen) atoms. The lowest BCUT2D eigenvalue weighted by Crippen LogP contribution is -2.52. The van der Waals surface area contributed by atoms with Crippen molar-refractivity contribution < 1.29 is 9.90 Å². The lowest BCUT2D eigenvalue weighted by Gasteiger charge is -2.50. The molecule has 0 radical (unpaired) electrons. The van der Waals surface area contributed by atoms with Gasteiger partial charge < -0.3 is 5.11 Å². The van der Waals surface area contributed by atoms with Crippen LogP contribution in [0.5, 0.6) is 0 Å². The first-order valence-corrected chi connectivity index (χ1v) is 6.41. The fourth-order valence-corrected chi connectivity index (χ4v) is 3.37. The van der Waals surface area contributed by atoms with E-state index in [0.29, 0.717) is 5.92 Å². The van der Waals surface area contributed by atoms with Crippen LogP contribution in [0.3, 0.4) is 0 Å². The molecule has 2 nitrogen and oxygen atoms in total. The van der Waals surface area contributed by atoms with Gasteiger partial charge in [0.15, 0.2) is 5.78 Å². The Morgan fingerprint density at radius 1 is 1.59 bits per heavy atom. The van der Waals surface area contributed by atoms with E-state index in [-0.39, 0.29) is 23.0 Å². The van der Waals surface area contributed by atoms with E-state index in [0.717, 1.165) is 18.4 Å². The minimum atomic E-state index is -0.861. The normalized spacial score (nSPS) is 45.5. The molecule has 2 aliphatic rings. The van der Waals surface area contributed by atoms with Gasteiger partial charge in [0.1, 0.15) is 6.10 Å². The number of carbonyl (C=O) groups is 1. The molecule has 94 valence electrons. The Morgan fingerprint density at radius 2 is 2.24 bits per heavy atom. The van der Waals surface area contributed by atoms with Gasteiger partial charge in [-0.05, 0) is 31.1 Å². The lowest BCUT2D eigenvalue weighted by atomic mass is 9.54. The average Bonchev–Trinajstić information content (AvgIpc) is 2.26. The summed E-state index contributed by atoms with van der Waals surface area (Å²) in [5.41, 5.74) is 0.904. The van der Waals surface area contributed by atoms with E-state index < -0.39 is 6.10 Å². The second-order valence-electron chi connectivity index (χ2n) is 6.05. The second-order valence-corrected chi connectivity index (χ2v) is 6.05. The van der Waals surface area contributed by atoms with E-state index in [1.807, 2.05) is 13.0 Å². The summed E-state index contributed by atoms with van der Waals surface area (Å²) < 4.78 is 0. The van der Waals surface area contributed by atoms with Crippen molar-refractivity contribution in [2.45, 2.75) is 39.7 Å². The van der Waals surface area contributed by atoms with Crippen LogP contribution in [0.25, 0.3) is 0 Å². The Hall–Kier alpha value is -0.890. The average molecular weight is 234 g/mol. The van der Waals surface area contributed by atoms with Gasteiger partial charge in [-0.2, -0.15) is 0 Å². The molecular weight excluding hydrogens is 212 g/mol. The van der Waals surface area contributed by atoms with Crippen molar-refractivity contribution in [3.63, 3.8) is 0 Å². The van der Waals surface area contributed by atoms with Gasteiger partial charge in [-0.3, -0.25) is 4.79 Å². The van der Waals surface area contributed by atoms with E-state index in [1.54, 1.807) is 0 Å². The van der Waals surface area contributed by atoms with Crippen molar-refractivity contribution >= 4 is 5.78 Å². The zero-order chi connectivity index (χ0) is 12.8. The third kappa shape index (κ3) is 1.79. The Morgan fingerprint density at radius 3 is 2.82 bits per heavy atom. The largest absolute Gasteiger partial charge is 0.385 e. The first kappa shape index (κ1) is 12.6. The van der Waals surface area contributed by atoms with Crippen molar-refractivity contribution in [1.29, 1.82) is 0 Å². The summed E-state index contributed by atoms with van der Waals surface area (Å²) in [6.45, 7) is 10.2. The molecule has 1 fully saturated rings. The van der Waals surface area contributed by atoms with Crippen molar-refractivity contribution in [3.05, 3.63) is 24.3 Å². The van der Waals surface area contributed by atoms with Crippen LogP contribution in [0.4, 0.5) is 0 Å². The Labute approximate surface area is 103 Å². The highest BCUT2D eigenvalue weighted by molar-refractivity contribution is 5.89. The zero-order valence-electron chi connectivity index (χ0n) is 10.9. The van der Waals surface area contributed by atoms with Gasteiger partial charge in [0.05, 0.1) is 0 Å². The molecule has 0 aromatic carbocycles. The molecule has 1 saturated carbocycles. The highest BCUT2D eigenvalue weighted by atomic mass is 16.3. The summed E-state index contributed by atoms with van der Waals surface area (Å²) >= 11 is 0. The minimum absolute atomic E-state index is 0.0189. The number of rotatable bonds is 1. The predicted molar refractivity (Wildman–Crippen MR) is 68.5 cm³/mol. The minimum Gasteiger partial charge on any atom is -0.385 e.